The fraction of sp³-hybridized carbons (Fsp3) is 0.143. The Balaban J connectivity index is 1.33. The van der Waals surface area contributed by atoms with Gasteiger partial charge in [0.25, 0.3) is 0 Å². The number of aromatic nitrogens is 2. The number of benzene rings is 2. The fourth-order valence-corrected chi connectivity index (χ4v) is 4.17. The van der Waals surface area contributed by atoms with Crippen LogP contribution in [0.4, 0.5) is 5.82 Å². The lowest BCUT2D eigenvalue weighted by Crippen LogP contribution is -2.06. The second-order valence-corrected chi connectivity index (χ2v) is 7.31. The van der Waals surface area contributed by atoms with Crippen LogP contribution in [0.2, 0.25) is 0 Å². The molecule has 6 heteroatoms. The van der Waals surface area contributed by atoms with Gasteiger partial charge in [0.1, 0.15) is 17.0 Å². The van der Waals surface area contributed by atoms with Gasteiger partial charge in [-0.2, -0.15) is 0 Å². The van der Waals surface area contributed by atoms with Crippen molar-refractivity contribution in [2.24, 2.45) is 0 Å². The van der Waals surface area contributed by atoms with Gasteiger partial charge < -0.3 is 14.8 Å². The fourth-order valence-electron chi connectivity index (χ4n) is 3.16. The summed E-state index contributed by atoms with van der Waals surface area (Å²) in [5.74, 6) is 2.51. The van der Waals surface area contributed by atoms with Crippen molar-refractivity contribution in [1.29, 1.82) is 0 Å². The minimum atomic E-state index is 0.303. The Kier molecular flexibility index (Phi) is 4.10. The van der Waals surface area contributed by atoms with Gasteiger partial charge in [0.2, 0.25) is 6.79 Å². The molecule has 0 aliphatic carbocycles. The summed E-state index contributed by atoms with van der Waals surface area (Å²) in [6.07, 6.45) is 2.49. The number of thiophene rings is 1. The number of nitrogens with one attached hydrogen (secondary N) is 1. The van der Waals surface area contributed by atoms with E-state index in [4.69, 9.17) is 9.47 Å². The molecule has 0 bridgehead atoms. The summed E-state index contributed by atoms with van der Waals surface area (Å²) in [6.45, 7) is 1.08. The maximum Gasteiger partial charge on any atom is 0.231 e. The first kappa shape index (κ1) is 16.1. The van der Waals surface area contributed by atoms with Crippen LogP contribution in [0.3, 0.4) is 0 Å². The summed E-state index contributed by atoms with van der Waals surface area (Å²) < 4.78 is 10.8. The van der Waals surface area contributed by atoms with Crippen molar-refractivity contribution in [3.63, 3.8) is 0 Å². The molecule has 0 amide bonds. The first-order valence-electron chi connectivity index (χ1n) is 8.79. The van der Waals surface area contributed by atoms with Gasteiger partial charge >= 0.3 is 0 Å². The molecule has 5 rings (SSSR count). The van der Waals surface area contributed by atoms with Crippen molar-refractivity contribution >= 4 is 27.4 Å². The molecule has 4 aromatic rings. The Labute approximate surface area is 160 Å². The highest BCUT2D eigenvalue weighted by Crippen LogP contribution is 2.35. The van der Waals surface area contributed by atoms with Crippen LogP contribution >= 0.6 is 11.3 Å². The van der Waals surface area contributed by atoms with Gasteiger partial charge in [0, 0.05) is 11.4 Å². The number of hydrogen-bond donors (Lipinski definition) is 1. The van der Waals surface area contributed by atoms with E-state index in [-0.39, 0.29) is 0 Å². The van der Waals surface area contributed by atoms with Gasteiger partial charge in [-0.3, -0.25) is 0 Å². The van der Waals surface area contributed by atoms with Gasteiger partial charge in [-0.25, -0.2) is 9.97 Å². The maximum absolute atomic E-state index is 5.44. The summed E-state index contributed by atoms with van der Waals surface area (Å²) in [5.41, 5.74) is 2.40. The van der Waals surface area contributed by atoms with E-state index in [9.17, 15) is 0 Å². The zero-order valence-electron chi connectivity index (χ0n) is 14.5. The maximum atomic E-state index is 5.44. The first-order chi connectivity index (χ1) is 13.4. The molecule has 5 nitrogen and oxygen atoms in total. The topological polar surface area (TPSA) is 56.3 Å². The Morgan fingerprint density at radius 3 is 2.78 bits per heavy atom. The minimum Gasteiger partial charge on any atom is -0.454 e. The van der Waals surface area contributed by atoms with Crippen molar-refractivity contribution < 1.29 is 9.47 Å². The lowest BCUT2D eigenvalue weighted by atomic mass is 10.1. The molecule has 1 N–H and O–H groups in total. The second kappa shape index (κ2) is 6.89. The zero-order chi connectivity index (χ0) is 18.1. The SMILES string of the molecule is c1ccc(-c2cc3c(NCCc4ccc5c(c4)OCO5)ncnc3s2)cc1. The van der Waals surface area contributed by atoms with Crippen LogP contribution in [0.5, 0.6) is 11.5 Å². The molecule has 0 unspecified atom stereocenters. The molecule has 0 spiro atoms. The third-order valence-electron chi connectivity index (χ3n) is 4.53. The Bertz CT molecular complexity index is 1100. The van der Waals surface area contributed by atoms with E-state index >= 15 is 0 Å². The smallest absolute Gasteiger partial charge is 0.231 e. The Morgan fingerprint density at radius 1 is 0.963 bits per heavy atom. The molecule has 27 heavy (non-hydrogen) atoms. The first-order valence-corrected chi connectivity index (χ1v) is 9.61. The van der Waals surface area contributed by atoms with Crippen LogP contribution in [0.25, 0.3) is 20.7 Å². The monoisotopic (exact) mass is 375 g/mol. The molecule has 134 valence electrons. The van der Waals surface area contributed by atoms with Gasteiger partial charge in [0.15, 0.2) is 11.5 Å². The number of anilines is 1. The van der Waals surface area contributed by atoms with Gasteiger partial charge in [-0.15, -0.1) is 11.3 Å². The van der Waals surface area contributed by atoms with Crippen molar-refractivity contribution in [1.82, 2.24) is 9.97 Å². The molecule has 0 fully saturated rings. The van der Waals surface area contributed by atoms with E-state index < -0.39 is 0 Å². The molecule has 0 saturated carbocycles. The van der Waals surface area contributed by atoms with Crippen LogP contribution in [-0.4, -0.2) is 23.3 Å². The summed E-state index contributed by atoms with van der Waals surface area (Å²) >= 11 is 1.69. The van der Waals surface area contributed by atoms with Crippen LogP contribution in [-0.2, 0) is 6.42 Å². The number of ether oxygens (including phenoxy) is 2. The molecule has 0 radical (unpaired) electrons. The highest BCUT2D eigenvalue weighted by atomic mass is 32.1. The molecular formula is C21H17N3O2S. The van der Waals surface area contributed by atoms with Gasteiger partial charge in [-0.1, -0.05) is 36.4 Å². The molecular weight excluding hydrogens is 358 g/mol. The lowest BCUT2D eigenvalue weighted by molar-refractivity contribution is 0.174. The van der Waals surface area contributed by atoms with Crippen molar-refractivity contribution in [3.8, 4) is 21.9 Å². The number of hydrogen-bond acceptors (Lipinski definition) is 6. The molecule has 2 aromatic heterocycles. The minimum absolute atomic E-state index is 0.303. The summed E-state index contributed by atoms with van der Waals surface area (Å²) in [5, 5.41) is 4.51. The van der Waals surface area contributed by atoms with Gasteiger partial charge in [-0.05, 0) is 35.7 Å². The predicted octanol–water partition coefficient (Wildman–Crippen LogP) is 4.74. The molecule has 1 aliphatic rings. The van der Waals surface area contributed by atoms with Crippen molar-refractivity contribution in [2.45, 2.75) is 6.42 Å². The van der Waals surface area contributed by atoms with Crippen molar-refractivity contribution in [2.75, 3.05) is 18.7 Å². The van der Waals surface area contributed by atoms with Crippen LogP contribution in [0, 0.1) is 0 Å². The van der Waals surface area contributed by atoms with E-state index in [1.54, 1.807) is 17.7 Å². The molecule has 0 atom stereocenters. The summed E-state index contributed by atoms with van der Waals surface area (Å²) in [6, 6.07) is 18.6. The third kappa shape index (κ3) is 3.19. The molecule has 0 saturated heterocycles. The van der Waals surface area contributed by atoms with E-state index in [1.165, 1.54) is 16.0 Å². The summed E-state index contributed by atoms with van der Waals surface area (Å²) in [4.78, 5) is 11.1. The second-order valence-electron chi connectivity index (χ2n) is 6.28. The van der Waals surface area contributed by atoms with E-state index in [2.05, 4.69) is 51.7 Å². The largest absolute Gasteiger partial charge is 0.454 e. The summed E-state index contributed by atoms with van der Waals surface area (Å²) in [7, 11) is 0. The van der Waals surface area contributed by atoms with E-state index in [0.717, 1.165) is 40.5 Å². The number of rotatable bonds is 5. The average molecular weight is 375 g/mol. The molecule has 2 aromatic carbocycles. The predicted molar refractivity (Wildman–Crippen MR) is 108 cm³/mol. The van der Waals surface area contributed by atoms with E-state index in [1.807, 2.05) is 18.2 Å². The number of nitrogens with zero attached hydrogens (tertiary/aromatic N) is 2. The van der Waals surface area contributed by atoms with Crippen molar-refractivity contribution in [3.05, 3.63) is 66.5 Å². The zero-order valence-corrected chi connectivity index (χ0v) is 15.3. The molecule has 1 aliphatic heterocycles. The number of fused-ring (bicyclic) bond motifs is 2. The van der Waals surface area contributed by atoms with Crippen LogP contribution < -0.4 is 14.8 Å². The third-order valence-corrected chi connectivity index (χ3v) is 5.62. The quantitative estimate of drug-likeness (QED) is 0.546. The van der Waals surface area contributed by atoms with Crippen LogP contribution in [0.1, 0.15) is 5.56 Å². The lowest BCUT2D eigenvalue weighted by Gasteiger charge is -2.07. The van der Waals surface area contributed by atoms with E-state index in [0.29, 0.717) is 6.79 Å². The van der Waals surface area contributed by atoms with Gasteiger partial charge in [0.05, 0.1) is 5.39 Å². The Hall–Kier alpha value is -3.12. The average Bonchev–Trinajstić information content (AvgIpc) is 3.35. The Morgan fingerprint density at radius 2 is 1.85 bits per heavy atom. The normalized spacial score (nSPS) is 12.4. The highest BCUT2D eigenvalue weighted by Gasteiger charge is 2.13. The standard InChI is InChI=1S/C21H17N3O2S/c1-2-4-15(5-3-1)19-11-16-20(23-12-24-21(16)27-19)22-9-8-14-6-7-17-18(10-14)26-13-25-17/h1-7,10-12H,8-9,13H2,(H,22,23,24). The van der Waals surface area contributed by atoms with Crippen LogP contribution in [0.15, 0.2) is 60.9 Å². The highest BCUT2D eigenvalue weighted by molar-refractivity contribution is 7.21. The molecule has 3 heterocycles.